The van der Waals surface area contributed by atoms with E-state index in [0.29, 0.717) is 6.04 Å². The Balaban J connectivity index is 3.27. The van der Waals surface area contributed by atoms with E-state index < -0.39 is 0 Å². The lowest BCUT2D eigenvalue weighted by molar-refractivity contribution is 0.437. The number of unbranched alkanes of at least 4 members (excludes halogenated alkanes) is 5. The Hall–Kier alpha value is 0.250. The smallest absolute Gasteiger partial charge is 0.0377 e. The lowest BCUT2D eigenvalue weighted by Gasteiger charge is -2.17. The van der Waals surface area contributed by atoms with Crippen molar-refractivity contribution in [2.24, 2.45) is 5.92 Å². The largest absolute Gasteiger partial charge is 0.313 e. The van der Waals surface area contributed by atoms with Gasteiger partial charge in [-0.3, -0.25) is 0 Å². The van der Waals surface area contributed by atoms with Crippen molar-refractivity contribution in [2.45, 2.75) is 71.8 Å². The van der Waals surface area contributed by atoms with E-state index in [9.17, 15) is 0 Å². The molecule has 0 saturated heterocycles. The fourth-order valence-electron chi connectivity index (χ4n) is 1.98. The van der Waals surface area contributed by atoms with Crippen LogP contribution in [0.3, 0.4) is 0 Å². The van der Waals surface area contributed by atoms with Crippen LogP contribution in [0.25, 0.3) is 0 Å². The predicted octanol–water partition coefficient (Wildman–Crippen LogP) is 4.59. The standard InChI is InChI=1S/C14H30ClN/c1-4-5-6-7-8-9-10-16-14(12-15)11-13(2)3/h13-14,16H,4-12H2,1-3H3. The Morgan fingerprint density at radius 2 is 1.62 bits per heavy atom. The van der Waals surface area contributed by atoms with Gasteiger partial charge in [-0.2, -0.15) is 0 Å². The number of alkyl halides is 1. The fourth-order valence-corrected chi connectivity index (χ4v) is 2.22. The maximum absolute atomic E-state index is 5.93. The Morgan fingerprint density at radius 1 is 1.00 bits per heavy atom. The van der Waals surface area contributed by atoms with Crippen molar-refractivity contribution in [2.75, 3.05) is 12.4 Å². The highest BCUT2D eigenvalue weighted by Gasteiger charge is 2.07. The van der Waals surface area contributed by atoms with E-state index in [4.69, 9.17) is 11.6 Å². The van der Waals surface area contributed by atoms with Gasteiger partial charge in [-0.15, -0.1) is 11.6 Å². The molecule has 0 aliphatic carbocycles. The summed E-state index contributed by atoms with van der Waals surface area (Å²) in [6.45, 7) is 7.91. The third kappa shape index (κ3) is 10.8. The molecule has 1 N–H and O–H groups in total. The minimum atomic E-state index is 0.511. The zero-order valence-corrected chi connectivity index (χ0v) is 12.2. The Morgan fingerprint density at radius 3 is 2.19 bits per heavy atom. The summed E-state index contributed by atoms with van der Waals surface area (Å²) in [6.07, 6.45) is 9.39. The van der Waals surface area contributed by atoms with E-state index in [-0.39, 0.29) is 0 Å². The second-order valence-corrected chi connectivity index (χ2v) is 5.51. The first kappa shape index (κ1) is 16.2. The van der Waals surface area contributed by atoms with E-state index in [1.807, 2.05) is 0 Å². The number of hydrogen-bond acceptors (Lipinski definition) is 1. The van der Waals surface area contributed by atoms with Crippen LogP contribution in [0.4, 0.5) is 0 Å². The lowest BCUT2D eigenvalue weighted by atomic mass is 10.0. The topological polar surface area (TPSA) is 12.0 Å². The van der Waals surface area contributed by atoms with Crippen molar-refractivity contribution in [3.63, 3.8) is 0 Å². The molecule has 0 spiro atoms. The third-order valence-electron chi connectivity index (χ3n) is 2.91. The lowest BCUT2D eigenvalue weighted by Crippen LogP contribution is -2.32. The molecule has 0 heterocycles. The van der Waals surface area contributed by atoms with Crippen molar-refractivity contribution >= 4 is 11.6 Å². The van der Waals surface area contributed by atoms with E-state index >= 15 is 0 Å². The normalized spacial score (nSPS) is 13.3. The summed E-state index contributed by atoms with van der Waals surface area (Å²) in [5, 5.41) is 3.56. The molecule has 0 bridgehead atoms. The first-order valence-electron chi connectivity index (χ1n) is 7.00. The molecular formula is C14H30ClN. The minimum absolute atomic E-state index is 0.511. The maximum atomic E-state index is 5.93. The fraction of sp³-hybridized carbons (Fsp3) is 1.00. The molecule has 0 aromatic carbocycles. The molecule has 98 valence electrons. The van der Waals surface area contributed by atoms with Crippen LogP contribution < -0.4 is 5.32 Å². The van der Waals surface area contributed by atoms with Crippen LogP contribution in [0.15, 0.2) is 0 Å². The van der Waals surface area contributed by atoms with Crippen molar-refractivity contribution in [1.82, 2.24) is 5.32 Å². The molecular weight excluding hydrogens is 218 g/mol. The van der Waals surface area contributed by atoms with Crippen LogP contribution in [0.1, 0.15) is 65.7 Å². The molecule has 0 saturated carbocycles. The third-order valence-corrected chi connectivity index (χ3v) is 3.28. The van der Waals surface area contributed by atoms with E-state index in [0.717, 1.165) is 18.3 Å². The summed E-state index contributed by atoms with van der Waals surface area (Å²) < 4.78 is 0. The molecule has 0 rings (SSSR count). The summed E-state index contributed by atoms with van der Waals surface area (Å²) in [5.41, 5.74) is 0. The number of hydrogen-bond donors (Lipinski definition) is 1. The summed E-state index contributed by atoms with van der Waals surface area (Å²) >= 11 is 5.93. The number of rotatable bonds is 11. The van der Waals surface area contributed by atoms with Crippen LogP contribution in [0, 0.1) is 5.92 Å². The van der Waals surface area contributed by atoms with Gasteiger partial charge in [0.15, 0.2) is 0 Å². The maximum Gasteiger partial charge on any atom is 0.0377 e. The monoisotopic (exact) mass is 247 g/mol. The summed E-state index contributed by atoms with van der Waals surface area (Å²) in [4.78, 5) is 0. The molecule has 0 aromatic heterocycles. The molecule has 0 aromatic rings. The predicted molar refractivity (Wildman–Crippen MR) is 75.3 cm³/mol. The van der Waals surface area contributed by atoms with Gasteiger partial charge in [-0.1, -0.05) is 52.9 Å². The zero-order valence-electron chi connectivity index (χ0n) is 11.4. The Labute approximate surface area is 107 Å². The zero-order chi connectivity index (χ0) is 12.2. The van der Waals surface area contributed by atoms with Gasteiger partial charge in [0.05, 0.1) is 0 Å². The van der Waals surface area contributed by atoms with Gasteiger partial charge in [-0.05, 0) is 25.3 Å². The molecule has 0 aliphatic rings. The van der Waals surface area contributed by atoms with E-state index in [1.54, 1.807) is 0 Å². The minimum Gasteiger partial charge on any atom is -0.313 e. The van der Waals surface area contributed by atoms with Crippen molar-refractivity contribution in [1.29, 1.82) is 0 Å². The summed E-state index contributed by atoms with van der Waals surface area (Å²) in [7, 11) is 0. The molecule has 1 unspecified atom stereocenters. The first-order chi connectivity index (χ1) is 7.70. The van der Waals surface area contributed by atoms with Gasteiger partial charge in [-0.25, -0.2) is 0 Å². The van der Waals surface area contributed by atoms with Gasteiger partial charge < -0.3 is 5.32 Å². The van der Waals surface area contributed by atoms with E-state index in [1.165, 1.54) is 44.9 Å². The number of halogens is 1. The average molecular weight is 248 g/mol. The van der Waals surface area contributed by atoms with Crippen molar-refractivity contribution in [3.05, 3.63) is 0 Å². The SMILES string of the molecule is CCCCCCCCNC(CCl)CC(C)C. The molecule has 0 fully saturated rings. The molecule has 2 heteroatoms. The van der Waals surface area contributed by atoms with Gasteiger partial charge in [0.2, 0.25) is 0 Å². The van der Waals surface area contributed by atoms with Crippen LogP contribution in [0.2, 0.25) is 0 Å². The highest BCUT2D eigenvalue weighted by atomic mass is 35.5. The second-order valence-electron chi connectivity index (χ2n) is 5.20. The highest BCUT2D eigenvalue weighted by Crippen LogP contribution is 2.07. The van der Waals surface area contributed by atoms with Crippen molar-refractivity contribution < 1.29 is 0 Å². The van der Waals surface area contributed by atoms with Gasteiger partial charge in [0.1, 0.15) is 0 Å². The summed E-state index contributed by atoms with van der Waals surface area (Å²) in [5.74, 6) is 1.48. The van der Waals surface area contributed by atoms with Crippen molar-refractivity contribution in [3.8, 4) is 0 Å². The first-order valence-corrected chi connectivity index (χ1v) is 7.53. The molecule has 0 amide bonds. The van der Waals surface area contributed by atoms with Crippen LogP contribution in [-0.2, 0) is 0 Å². The summed E-state index contributed by atoms with van der Waals surface area (Å²) in [6, 6.07) is 0.511. The van der Waals surface area contributed by atoms with Gasteiger partial charge in [0, 0.05) is 11.9 Å². The van der Waals surface area contributed by atoms with Gasteiger partial charge >= 0.3 is 0 Å². The quantitative estimate of drug-likeness (QED) is 0.416. The average Bonchev–Trinajstić information content (AvgIpc) is 2.25. The second kappa shape index (κ2) is 11.7. The molecule has 16 heavy (non-hydrogen) atoms. The van der Waals surface area contributed by atoms with Gasteiger partial charge in [0.25, 0.3) is 0 Å². The molecule has 1 nitrogen and oxygen atoms in total. The van der Waals surface area contributed by atoms with Crippen LogP contribution in [-0.4, -0.2) is 18.5 Å². The molecule has 1 atom stereocenters. The Bertz CT molecular complexity index is 137. The molecule has 0 aliphatic heterocycles. The van der Waals surface area contributed by atoms with E-state index in [2.05, 4.69) is 26.1 Å². The highest BCUT2D eigenvalue weighted by molar-refractivity contribution is 6.18. The van der Waals surface area contributed by atoms with Crippen LogP contribution in [0.5, 0.6) is 0 Å². The molecule has 0 radical (unpaired) electrons. The van der Waals surface area contributed by atoms with Crippen LogP contribution >= 0.6 is 11.6 Å². The Kier molecular flexibility index (Phi) is 11.9. The number of nitrogens with one attached hydrogen (secondary N) is 1.